The molecule has 2 N–H and O–H groups in total. The number of thiophene rings is 2. The van der Waals surface area contributed by atoms with Crippen molar-refractivity contribution < 1.29 is 13.5 Å². The third kappa shape index (κ3) is 3.12. The summed E-state index contributed by atoms with van der Waals surface area (Å²) in [5.74, 6) is 0. The maximum absolute atomic E-state index is 12.4. The van der Waals surface area contributed by atoms with Crippen molar-refractivity contribution in [2.45, 2.75) is 38.3 Å². The molecule has 1 atom stereocenters. The number of nitrogens with one attached hydrogen (secondary N) is 1. The Hall–Kier alpha value is -0.730. The Bertz CT molecular complexity index is 700. The number of aryl methyl sites for hydroxylation is 2. The highest BCUT2D eigenvalue weighted by Crippen LogP contribution is 2.28. The van der Waals surface area contributed by atoms with Crippen LogP contribution in [0, 0.1) is 13.8 Å². The standard InChI is InChI=1S/C13H17NO3S3/c1-8-6-11(10(3)19-8)9(2)14-20(16,17)13-4-5-18-12(13)7-15/h4-6,9,14-15H,7H2,1-3H3. The zero-order valence-corrected chi connectivity index (χ0v) is 14.0. The van der Waals surface area contributed by atoms with Crippen LogP contribution in [0.15, 0.2) is 22.4 Å². The van der Waals surface area contributed by atoms with Gasteiger partial charge in [-0.2, -0.15) is 0 Å². The van der Waals surface area contributed by atoms with Crippen LogP contribution in [0.4, 0.5) is 0 Å². The molecule has 7 heteroatoms. The van der Waals surface area contributed by atoms with Gasteiger partial charge in [0.25, 0.3) is 0 Å². The van der Waals surface area contributed by atoms with E-state index in [1.807, 2.05) is 26.8 Å². The Kier molecular flexibility index (Phi) is 4.66. The fourth-order valence-electron chi connectivity index (χ4n) is 2.12. The molecule has 2 aromatic heterocycles. The van der Waals surface area contributed by atoms with Crippen molar-refractivity contribution in [3.63, 3.8) is 0 Å². The lowest BCUT2D eigenvalue weighted by atomic mass is 10.1. The van der Waals surface area contributed by atoms with Crippen molar-refractivity contribution in [1.29, 1.82) is 0 Å². The van der Waals surface area contributed by atoms with E-state index in [2.05, 4.69) is 4.72 Å². The molecule has 0 saturated heterocycles. The molecule has 0 bridgehead atoms. The highest BCUT2D eigenvalue weighted by Gasteiger charge is 2.23. The van der Waals surface area contributed by atoms with Gasteiger partial charge in [-0.1, -0.05) is 0 Å². The predicted octanol–water partition coefficient (Wildman–Crippen LogP) is 2.96. The molecule has 110 valence electrons. The van der Waals surface area contributed by atoms with Crippen LogP contribution in [-0.4, -0.2) is 13.5 Å². The minimum Gasteiger partial charge on any atom is -0.391 e. The molecule has 2 heterocycles. The molecule has 0 aliphatic carbocycles. The molecule has 0 saturated carbocycles. The first-order chi connectivity index (χ1) is 9.35. The van der Waals surface area contributed by atoms with Crippen molar-refractivity contribution >= 4 is 32.7 Å². The summed E-state index contributed by atoms with van der Waals surface area (Å²) in [5, 5.41) is 10.9. The van der Waals surface area contributed by atoms with Crippen molar-refractivity contribution in [3.05, 3.63) is 37.7 Å². The number of aliphatic hydroxyl groups is 1. The quantitative estimate of drug-likeness (QED) is 0.885. The lowest BCUT2D eigenvalue weighted by Crippen LogP contribution is -2.27. The molecule has 0 aliphatic rings. The van der Waals surface area contributed by atoms with Gasteiger partial charge in [-0.05, 0) is 43.8 Å². The summed E-state index contributed by atoms with van der Waals surface area (Å²) >= 11 is 2.90. The molecule has 0 amide bonds. The Balaban J connectivity index is 2.27. The number of hydrogen-bond acceptors (Lipinski definition) is 5. The van der Waals surface area contributed by atoms with Gasteiger partial charge in [0, 0.05) is 20.7 Å². The fraction of sp³-hybridized carbons (Fsp3) is 0.385. The van der Waals surface area contributed by atoms with Gasteiger partial charge in [-0.25, -0.2) is 13.1 Å². The maximum atomic E-state index is 12.4. The molecule has 0 radical (unpaired) electrons. The molecular formula is C13H17NO3S3. The second kappa shape index (κ2) is 5.95. The second-order valence-electron chi connectivity index (χ2n) is 4.58. The zero-order chi connectivity index (χ0) is 14.9. The molecule has 20 heavy (non-hydrogen) atoms. The Morgan fingerprint density at radius 3 is 2.65 bits per heavy atom. The van der Waals surface area contributed by atoms with Gasteiger partial charge in [0.1, 0.15) is 0 Å². The second-order valence-corrected chi connectivity index (χ2v) is 8.72. The van der Waals surface area contributed by atoms with Gasteiger partial charge in [0.15, 0.2) is 0 Å². The number of hydrogen-bond donors (Lipinski definition) is 2. The van der Waals surface area contributed by atoms with E-state index in [4.69, 9.17) is 0 Å². The average molecular weight is 331 g/mol. The van der Waals surface area contributed by atoms with E-state index in [0.29, 0.717) is 4.88 Å². The lowest BCUT2D eigenvalue weighted by Gasteiger charge is -2.14. The number of sulfonamides is 1. The van der Waals surface area contributed by atoms with Crippen LogP contribution in [0.1, 0.15) is 33.2 Å². The van der Waals surface area contributed by atoms with Gasteiger partial charge in [-0.15, -0.1) is 22.7 Å². The SMILES string of the molecule is Cc1cc(C(C)NS(=O)(=O)c2ccsc2CO)c(C)s1. The molecular weight excluding hydrogens is 314 g/mol. The van der Waals surface area contributed by atoms with Crippen molar-refractivity contribution in [2.75, 3.05) is 0 Å². The molecule has 2 rings (SSSR count). The van der Waals surface area contributed by atoms with Crippen molar-refractivity contribution in [2.24, 2.45) is 0 Å². The average Bonchev–Trinajstić information content (AvgIpc) is 2.94. The molecule has 0 aromatic carbocycles. The first-order valence-electron chi connectivity index (χ1n) is 6.11. The molecule has 1 unspecified atom stereocenters. The first-order valence-corrected chi connectivity index (χ1v) is 9.29. The normalized spacial score (nSPS) is 13.6. The van der Waals surface area contributed by atoms with E-state index in [1.165, 1.54) is 17.4 Å². The minimum absolute atomic E-state index is 0.168. The van der Waals surface area contributed by atoms with Gasteiger partial charge in [0.2, 0.25) is 10.0 Å². The Labute approximate surface area is 127 Å². The highest BCUT2D eigenvalue weighted by molar-refractivity contribution is 7.89. The van der Waals surface area contributed by atoms with Crippen LogP contribution < -0.4 is 4.72 Å². The van der Waals surface area contributed by atoms with Gasteiger partial charge in [-0.3, -0.25) is 0 Å². The summed E-state index contributed by atoms with van der Waals surface area (Å²) in [7, 11) is -3.61. The van der Waals surface area contributed by atoms with E-state index >= 15 is 0 Å². The molecule has 0 aliphatic heterocycles. The zero-order valence-electron chi connectivity index (χ0n) is 11.5. The number of aliphatic hydroxyl groups excluding tert-OH is 1. The topological polar surface area (TPSA) is 66.4 Å². The predicted molar refractivity (Wildman–Crippen MR) is 82.8 cm³/mol. The Morgan fingerprint density at radius 1 is 1.40 bits per heavy atom. The van der Waals surface area contributed by atoms with Crippen LogP contribution in [0.5, 0.6) is 0 Å². The summed E-state index contributed by atoms with van der Waals surface area (Å²) < 4.78 is 27.4. The molecule has 2 aromatic rings. The third-order valence-electron chi connectivity index (χ3n) is 3.02. The molecule has 4 nitrogen and oxygen atoms in total. The van der Waals surface area contributed by atoms with E-state index < -0.39 is 10.0 Å². The van der Waals surface area contributed by atoms with Gasteiger partial charge < -0.3 is 5.11 Å². The van der Waals surface area contributed by atoms with Crippen LogP contribution in [0.25, 0.3) is 0 Å². The monoisotopic (exact) mass is 331 g/mol. The number of rotatable bonds is 5. The summed E-state index contributed by atoms with van der Waals surface area (Å²) in [6.07, 6.45) is 0. The maximum Gasteiger partial charge on any atom is 0.242 e. The first kappa shape index (κ1) is 15.7. The van der Waals surface area contributed by atoms with Gasteiger partial charge >= 0.3 is 0 Å². The smallest absolute Gasteiger partial charge is 0.242 e. The minimum atomic E-state index is -3.61. The van der Waals surface area contributed by atoms with Crippen LogP contribution in [0.3, 0.4) is 0 Å². The summed E-state index contributed by atoms with van der Waals surface area (Å²) in [6.45, 7) is 5.56. The summed E-state index contributed by atoms with van der Waals surface area (Å²) in [5.41, 5.74) is 0.997. The van der Waals surface area contributed by atoms with E-state index in [0.717, 1.165) is 15.3 Å². The van der Waals surface area contributed by atoms with E-state index in [1.54, 1.807) is 16.7 Å². The fourth-order valence-corrected chi connectivity index (χ4v) is 5.66. The largest absolute Gasteiger partial charge is 0.391 e. The van der Waals surface area contributed by atoms with Gasteiger partial charge in [0.05, 0.1) is 11.5 Å². The van der Waals surface area contributed by atoms with Crippen molar-refractivity contribution in [3.8, 4) is 0 Å². The molecule has 0 spiro atoms. The van der Waals surface area contributed by atoms with E-state index in [-0.39, 0.29) is 17.5 Å². The lowest BCUT2D eigenvalue weighted by molar-refractivity contribution is 0.282. The molecule has 0 fully saturated rings. The summed E-state index contributed by atoms with van der Waals surface area (Å²) in [4.78, 5) is 2.91. The van der Waals surface area contributed by atoms with E-state index in [9.17, 15) is 13.5 Å². The highest BCUT2D eigenvalue weighted by atomic mass is 32.2. The third-order valence-corrected chi connectivity index (χ3v) is 6.66. The Morgan fingerprint density at radius 2 is 2.10 bits per heavy atom. The van der Waals surface area contributed by atoms with Crippen LogP contribution >= 0.6 is 22.7 Å². The van der Waals surface area contributed by atoms with Crippen LogP contribution in [-0.2, 0) is 16.6 Å². The summed E-state index contributed by atoms with van der Waals surface area (Å²) in [6, 6.07) is 3.24. The van der Waals surface area contributed by atoms with Crippen LogP contribution in [0.2, 0.25) is 0 Å². The van der Waals surface area contributed by atoms with Crippen molar-refractivity contribution in [1.82, 2.24) is 4.72 Å².